The van der Waals surface area contributed by atoms with Gasteiger partial charge in [0, 0.05) is 12.3 Å². The molecule has 0 spiro atoms. The molecule has 5 atom stereocenters. The fourth-order valence-corrected chi connectivity index (χ4v) is 7.89. The summed E-state index contributed by atoms with van der Waals surface area (Å²) < 4.78 is 38.9. The van der Waals surface area contributed by atoms with Crippen molar-refractivity contribution in [3.63, 3.8) is 0 Å². The van der Waals surface area contributed by atoms with Crippen LogP contribution >= 0.6 is 0 Å². The Kier molecular flexibility index (Phi) is 8.37. The summed E-state index contributed by atoms with van der Waals surface area (Å²) in [6.07, 6.45) is 8.48. The van der Waals surface area contributed by atoms with E-state index in [1.54, 1.807) is 45.0 Å². The number of fused-ring (bicyclic) bond motifs is 2. The molecule has 6 rings (SSSR count). The highest BCUT2D eigenvalue weighted by molar-refractivity contribution is 7.90. The Labute approximate surface area is 270 Å². The van der Waals surface area contributed by atoms with E-state index >= 15 is 0 Å². The highest BCUT2D eigenvalue weighted by atomic mass is 32.2. The van der Waals surface area contributed by atoms with Gasteiger partial charge in [0.15, 0.2) is 5.76 Å². The topological polar surface area (TPSA) is 167 Å². The van der Waals surface area contributed by atoms with Crippen molar-refractivity contribution in [1.29, 1.82) is 0 Å². The summed E-state index contributed by atoms with van der Waals surface area (Å²) in [5.41, 5.74) is -2.69. The minimum atomic E-state index is -3.56. The van der Waals surface area contributed by atoms with Crippen LogP contribution in [0.3, 0.4) is 0 Å². The Morgan fingerprint density at radius 1 is 1.09 bits per heavy atom. The van der Waals surface area contributed by atoms with E-state index in [9.17, 15) is 27.9 Å². The van der Waals surface area contributed by atoms with Gasteiger partial charge in [-0.3, -0.25) is 9.59 Å². The van der Waals surface area contributed by atoms with Crippen LogP contribution in [0.5, 0.6) is 0 Å². The molecular formula is C33H44N4O8S. The largest absolute Gasteiger partial charge is 0.444 e. The van der Waals surface area contributed by atoms with E-state index in [0.717, 1.165) is 19.3 Å². The first kappa shape index (κ1) is 32.4. The summed E-state index contributed by atoms with van der Waals surface area (Å²) in [6.45, 7) is 5.06. The summed E-state index contributed by atoms with van der Waals surface area (Å²) in [7, 11) is -3.56. The second kappa shape index (κ2) is 11.9. The van der Waals surface area contributed by atoms with Crippen molar-refractivity contribution in [2.75, 3.05) is 6.54 Å². The fourth-order valence-electron chi connectivity index (χ4n) is 6.58. The van der Waals surface area contributed by atoms with Gasteiger partial charge in [0.1, 0.15) is 28.8 Å². The molecule has 0 unspecified atom stereocenters. The molecule has 46 heavy (non-hydrogen) atoms. The van der Waals surface area contributed by atoms with Crippen LogP contribution in [0.1, 0.15) is 84.1 Å². The normalized spacial score (nSPS) is 32.5. The molecule has 3 amide bonds. The maximum absolute atomic E-state index is 14.3. The number of amides is 3. The summed E-state index contributed by atoms with van der Waals surface area (Å²) in [5.74, 6) is -0.577. The zero-order chi connectivity index (χ0) is 32.9. The number of aliphatic hydroxyl groups is 1. The van der Waals surface area contributed by atoms with Gasteiger partial charge in [-0.2, -0.15) is 0 Å². The fraction of sp³-hybridized carbons (Fsp3) is 0.606. The van der Waals surface area contributed by atoms with Crippen LogP contribution in [0, 0.1) is 5.92 Å². The molecule has 2 saturated carbocycles. The van der Waals surface area contributed by atoms with Crippen molar-refractivity contribution in [2.45, 2.75) is 113 Å². The SMILES string of the molecule is CC(C)(C)OC(=O)N[C@H]1CCCCC/C=C\[C@@H]2C[C@@]2(C2=C(NS(=O)(=O)C3CC3)O2)NC(=O)[C@@H]2C[C@@](O)(c3ccccc3)CN2C1=O. The van der Waals surface area contributed by atoms with Crippen LogP contribution in [0.15, 0.2) is 54.1 Å². The number of alkyl carbamates (subject to hydrolysis) is 1. The first-order valence-electron chi connectivity index (χ1n) is 16.2. The van der Waals surface area contributed by atoms with Crippen molar-refractivity contribution >= 4 is 27.9 Å². The molecule has 0 bridgehead atoms. The molecule has 3 heterocycles. The third-order valence-corrected chi connectivity index (χ3v) is 11.1. The van der Waals surface area contributed by atoms with E-state index < -0.39 is 62.0 Å². The van der Waals surface area contributed by atoms with Gasteiger partial charge < -0.3 is 30.1 Å². The zero-order valence-electron chi connectivity index (χ0n) is 26.6. The second-order valence-electron chi connectivity index (χ2n) is 14.2. The van der Waals surface area contributed by atoms with E-state index in [1.807, 2.05) is 12.1 Å². The second-order valence-corrected chi connectivity index (χ2v) is 16.2. The number of sulfonamides is 1. The molecule has 1 aromatic carbocycles. The molecule has 5 aliphatic rings. The number of carbonyl (C=O) groups is 3. The molecule has 12 nitrogen and oxygen atoms in total. The van der Waals surface area contributed by atoms with Crippen molar-refractivity contribution in [1.82, 2.24) is 20.3 Å². The molecule has 3 aliphatic heterocycles. The van der Waals surface area contributed by atoms with Crippen molar-refractivity contribution in [3.8, 4) is 0 Å². The minimum absolute atomic E-state index is 0.0641. The summed E-state index contributed by atoms with van der Waals surface area (Å²) in [5, 5.41) is 17.3. The standard InChI is InChI=1S/C33H44N4O8S/c1-31(2,3)45-30(40)34-24-15-11-6-4-5-8-14-22-18-33(22,26-28(44-26)36-46(42,43)23-16-17-23)35-27(38)25-19-32(41,20-37(25)29(24)39)21-12-9-7-10-13-21/h7-10,12-14,22-25,36,41H,4-6,11,15-20H2,1-3H3,(H,34,40)(H,35,38)/b14-8-/t22-,24+,25+,32+,33-/m1/s1. The predicted octanol–water partition coefficient (Wildman–Crippen LogP) is 3.04. The molecule has 0 radical (unpaired) electrons. The van der Waals surface area contributed by atoms with Crippen LogP contribution in [0.2, 0.25) is 0 Å². The van der Waals surface area contributed by atoms with Crippen molar-refractivity contribution < 1.29 is 37.4 Å². The monoisotopic (exact) mass is 656 g/mol. The van der Waals surface area contributed by atoms with Crippen LogP contribution in [0.25, 0.3) is 0 Å². The predicted molar refractivity (Wildman–Crippen MR) is 168 cm³/mol. The molecule has 2 aliphatic carbocycles. The number of carbonyl (C=O) groups excluding carboxylic acids is 3. The highest BCUT2D eigenvalue weighted by Crippen LogP contribution is 2.56. The average Bonchev–Trinajstić information content (AvgIpc) is 3.88. The third kappa shape index (κ3) is 6.90. The molecule has 1 saturated heterocycles. The number of allylic oxidation sites excluding steroid dienone is 1. The van der Waals surface area contributed by atoms with Crippen molar-refractivity contribution in [3.05, 3.63) is 59.7 Å². The summed E-state index contributed by atoms with van der Waals surface area (Å²) >= 11 is 0. The Bertz CT molecular complexity index is 1550. The Morgan fingerprint density at radius 3 is 2.52 bits per heavy atom. The zero-order valence-corrected chi connectivity index (χ0v) is 27.4. The van der Waals surface area contributed by atoms with Gasteiger partial charge in [0.2, 0.25) is 27.7 Å². The number of nitrogens with zero attached hydrogens (tertiary/aromatic N) is 1. The number of rotatable bonds is 6. The Hall–Kier alpha value is -3.58. The Balaban J connectivity index is 1.31. The molecule has 0 aromatic heterocycles. The van der Waals surface area contributed by atoms with E-state index in [0.29, 0.717) is 43.4 Å². The molecule has 4 N–H and O–H groups in total. The minimum Gasteiger partial charge on any atom is -0.444 e. The first-order chi connectivity index (χ1) is 21.7. The maximum Gasteiger partial charge on any atom is 0.408 e. The first-order valence-corrected chi connectivity index (χ1v) is 17.8. The lowest BCUT2D eigenvalue weighted by atomic mass is 9.91. The average molecular weight is 657 g/mol. The van der Waals surface area contributed by atoms with E-state index in [-0.39, 0.29) is 24.8 Å². The van der Waals surface area contributed by atoms with Crippen molar-refractivity contribution in [2.24, 2.45) is 5.92 Å². The molecule has 3 fully saturated rings. The van der Waals surface area contributed by atoms with E-state index in [2.05, 4.69) is 21.4 Å². The third-order valence-electron chi connectivity index (χ3n) is 9.29. The lowest BCUT2D eigenvalue weighted by Gasteiger charge is -2.30. The maximum atomic E-state index is 14.3. The van der Waals surface area contributed by atoms with Crippen LogP contribution < -0.4 is 15.4 Å². The highest BCUT2D eigenvalue weighted by Gasteiger charge is 2.65. The summed E-state index contributed by atoms with van der Waals surface area (Å²) in [4.78, 5) is 42.7. The number of benzene rings is 1. The van der Waals surface area contributed by atoms with Crippen LogP contribution in [0.4, 0.5) is 4.79 Å². The summed E-state index contributed by atoms with van der Waals surface area (Å²) in [6, 6.07) is 6.88. The number of nitrogens with one attached hydrogen (secondary N) is 3. The van der Waals surface area contributed by atoms with Gasteiger partial charge in [-0.05, 0) is 64.9 Å². The number of ether oxygens (including phenoxy) is 2. The molecular weight excluding hydrogens is 612 g/mol. The quantitative estimate of drug-likeness (QED) is 0.339. The van der Waals surface area contributed by atoms with E-state index in [1.165, 1.54) is 4.90 Å². The molecule has 250 valence electrons. The number of hydrogen-bond acceptors (Lipinski definition) is 8. The van der Waals surface area contributed by atoms with Gasteiger partial charge in [0.05, 0.1) is 11.8 Å². The van der Waals surface area contributed by atoms with Gasteiger partial charge in [0.25, 0.3) is 0 Å². The molecule has 13 heteroatoms. The van der Waals surface area contributed by atoms with E-state index in [4.69, 9.17) is 9.47 Å². The van der Waals surface area contributed by atoms with Gasteiger partial charge in [-0.1, -0.05) is 55.3 Å². The van der Waals surface area contributed by atoms with Gasteiger partial charge >= 0.3 is 6.09 Å². The lowest BCUT2D eigenvalue weighted by molar-refractivity contribution is -0.140. The van der Waals surface area contributed by atoms with Crippen LogP contribution in [-0.4, -0.2) is 71.4 Å². The lowest BCUT2D eigenvalue weighted by Crippen LogP contribution is -2.55. The van der Waals surface area contributed by atoms with Gasteiger partial charge in [-0.15, -0.1) is 0 Å². The Morgan fingerprint density at radius 2 is 1.83 bits per heavy atom. The smallest absolute Gasteiger partial charge is 0.408 e. The number of hydrogen-bond donors (Lipinski definition) is 4. The van der Waals surface area contributed by atoms with Gasteiger partial charge in [-0.25, -0.2) is 17.9 Å². The molecule has 1 aromatic rings. The van der Waals surface area contributed by atoms with Crippen LogP contribution in [-0.2, 0) is 34.7 Å².